The van der Waals surface area contributed by atoms with Gasteiger partial charge in [-0.3, -0.25) is 0 Å². The third-order valence-electron chi connectivity index (χ3n) is 3.78. The van der Waals surface area contributed by atoms with Crippen LogP contribution in [0.3, 0.4) is 0 Å². The Bertz CT molecular complexity index is 458. The fraction of sp³-hybridized carbons (Fsp3) is 0.571. The summed E-state index contributed by atoms with van der Waals surface area (Å²) in [5.41, 5.74) is -0.118. The van der Waals surface area contributed by atoms with Gasteiger partial charge in [0.25, 0.3) is 0 Å². The van der Waals surface area contributed by atoms with E-state index in [9.17, 15) is 4.39 Å². The van der Waals surface area contributed by atoms with Crippen LogP contribution < -0.4 is 10.2 Å². The van der Waals surface area contributed by atoms with Crippen LogP contribution in [0, 0.1) is 5.82 Å². The van der Waals surface area contributed by atoms with Gasteiger partial charge < -0.3 is 14.0 Å². The molecule has 0 N–H and O–H groups in total. The number of rotatable bonds is 3. The van der Waals surface area contributed by atoms with Crippen molar-refractivity contribution >= 4 is 12.6 Å². The van der Waals surface area contributed by atoms with Crippen LogP contribution in [0.5, 0.6) is 5.75 Å². The average molecular weight is 266 g/mol. The quantitative estimate of drug-likeness (QED) is 0.787. The summed E-state index contributed by atoms with van der Waals surface area (Å²) in [6.45, 7) is 10.3. The Morgan fingerprint density at radius 1 is 1.16 bits per heavy atom. The normalized spacial score (nSPS) is 20.6. The second kappa shape index (κ2) is 4.80. The van der Waals surface area contributed by atoms with Crippen LogP contribution in [0.1, 0.15) is 34.6 Å². The predicted molar refractivity (Wildman–Crippen MR) is 73.3 cm³/mol. The molecule has 2 rings (SSSR count). The zero-order valence-electron chi connectivity index (χ0n) is 12.1. The third-order valence-corrected chi connectivity index (χ3v) is 3.78. The summed E-state index contributed by atoms with van der Waals surface area (Å²) in [5.74, 6) is 0.143. The maximum atomic E-state index is 13.3. The number of halogens is 1. The number of ether oxygens (including phenoxy) is 1. The minimum absolute atomic E-state index is 0.330. The Kier molecular flexibility index (Phi) is 3.62. The highest BCUT2D eigenvalue weighted by Gasteiger charge is 2.52. The molecule has 1 saturated heterocycles. The molecule has 3 nitrogen and oxygen atoms in total. The summed E-state index contributed by atoms with van der Waals surface area (Å²) < 4.78 is 30.7. The van der Waals surface area contributed by atoms with E-state index in [1.807, 2.05) is 34.6 Å². The lowest BCUT2D eigenvalue weighted by Gasteiger charge is -2.32. The predicted octanol–water partition coefficient (Wildman–Crippen LogP) is 2.52. The highest BCUT2D eigenvalue weighted by molar-refractivity contribution is 6.63. The topological polar surface area (TPSA) is 27.7 Å². The monoisotopic (exact) mass is 266 g/mol. The molecule has 104 valence electrons. The van der Waals surface area contributed by atoms with Crippen molar-refractivity contribution in [1.29, 1.82) is 0 Å². The van der Waals surface area contributed by atoms with Gasteiger partial charge in [0.1, 0.15) is 11.6 Å². The Hall–Kier alpha value is -1.07. The first-order valence-electron chi connectivity index (χ1n) is 6.55. The second-order valence-electron chi connectivity index (χ2n) is 5.70. The SMILES string of the molecule is CCOc1cc(F)ccc1B1OC(C)(C)C(C)(C)O1. The maximum absolute atomic E-state index is 13.3. The third kappa shape index (κ3) is 2.62. The number of hydrogen-bond acceptors (Lipinski definition) is 3. The van der Waals surface area contributed by atoms with Gasteiger partial charge in [-0.15, -0.1) is 0 Å². The van der Waals surface area contributed by atoms with Crippen molar-refractivity contribution in [1.82, 2.24) is 0 Å². The van der Waals surface area contributed by atoms with E-state index in [1.54, 1.807) is 6.07 Å². The van der Waals surface area contributed by atoms with Gasteiger partial charge in [-0.25, -0.2) is 4.39 Å². The molecule has 0 aliphatic carbocycles. The number of hydrogen-bond donors (Lipinski definition) is 0. The molecule has 0 amide bonds. The highest BCUT2D eigenvalue weighted by atomic mass is 19.1. The van der Waals surface area contributed by atoms with Crippen LogP contribution in [0.2, 0.25) is 0 Å². The first-order chi connectivity index (χ1) is 8.77. The Balaban J connectivity index is 2.34. The molecule has 0 atom stereocenters. The van der Waals surface area contributed by atoms with Crippen LogP contribution in [0.25, 0.3) is 0 Å². The zero-order valence-corrected chi connectivity index (χ0v) is 12.1. The molecule has 0 spiro atoms. The molecule has 1 aromatic rings. The zero-order chi connectivity index (χ0) is 14.3. The highest BCUT2D eigenvalue weighted by Crippen LogP contribution is 2.37. The molecule has 19 heavy (non-hydrogen) atoms. The average Bonchev–Trinajstić information content (AvgIpc) is 2.48. The summed E-state index contributed by atoms with van der Waals surface area (Å²) in [5, 5.41) is 0. The van der Waals surface area contributed by atoms with Crippen molar-refractivity contribution in [2.24, 2.45) is 0 Å². The van der Waals surface area contributed by atoms with Crippen LogP contribution >= 0.6 is 0 Å². The van der Waals surface area contributed by atoms with Crippen LogP contribution in [0.15, 0.2) is 18.2 Å². The molecule has 1 aliphatic rings. The maximum Gasteiger partial charge on any atom is 0.498 e. The first-order valence-corrected chi connectivity index (χ1v) is 6.55. The molecule has 1 aliphatic heterocycles. The molecule has 0 aromatic heterocycles. The van der Waals surface area contributed by atoms with Crippen LogP contribution in [0.4, 0.5) is 4.39 Å². The molecule has 0 bridgehead atoms. The fourth-order valence-electron chi connectivity index (χ4n) is 1.95. The van der Waals surface area contributed by atoms with Gasteiger partial charge in [0.15, 0.2) is 0 Å². The molecular weight excluding hydrogens is 246 g/mol. The molecule has 0 saturated carbocycles. The summed E-state index contributed by atoms with van der Waals surface area (Å²) >= 11 is 0. The van der Waals surface area contributed by atoms with E-state index in [4.69, 9.17) is 14.0 Å². The minimum atomic E-state index is -0.535. The summed E-state index contributed by atoms with van der Waals surface area (Å²) in [6, 6.07) is 4.41. The second-order valence-corrected chi connectivity index (χ2v) is 5.70. The summed E-state index contributed by atoms with van der Waals surface area (Å²) in [4.78, 5) is 0. The summed E-state index contributed by atoms with van der Waals surface area (Å²) in [6.07, 6.45) is 0. The van der Waals surface area contributed by atoms with E-state index in [2.05, 4.69) is 0 Å². The molecular formula is C14H20BFO3. The van der Waals surface area contributed by atoms with E-state index in [-0.39, 0.29) is 5.82 Å². The Morgan fingerprint density at radius 2 is 1.74 bits per heavy atom. The Morgan fingerprint density at radius 3 is 2.26 bits per heavy atom. The van der Waals surface area contributed by atoms with Gasteiger partial charge in [-0.05, 0) is 40.7 Å². The largest absolute Gasteiger partial charge is 0.498 e. The molecule has 5 heteroatoms. The lowest BCUT2D eigenvalue weighted by Crippen LogP contribution is -2.41. The van der Waals surface area contributed by atoms with E-state index < -0.39 is 18.3 Å². The number of benzene rings is 1. The van der Waals surface area contributed by atoms with Gasteiger partial charge in [-0.1, -0.05) is 6.07 Å². The van der Waals surface area contributed by atoms with Gasteiger partial charge in [0.2, 0.25) is 0 Å². The van der Waals surface area contributed by atoms with Crippen LogP contribution in [-0.2, 0) is 9.31 Å². The van der Waals surface area contributed by atoms with Gasteiger partial charge >= 0.3 is 7.12 Å². The van der Waals surface area contributed by atoms with Crippen molar-refractivity contribution in [3.05, 3.63) is 24.0 Å². The minimum Gasteiger partial charge on any atom is -0.494 e. The molecule has 1 aromatic carbocycles. The molecule has 0 unspecified atom stereocenters. The van der Waals surface area contributed by atoms with Crippen molar-refractivity contribution in [2.75, 3.05) is 6.61 Å². The van der Waals surface area contributed by atoms with Crippen molar-refractivity contribution in [3.63, 3.8) is 0 Å². The van der Waals surface area contributed by atoms with E-state index in [0.717, 1.165) is 5.46 Å². The molecule has 0 radical (unpaired) electrons. The van der Waals surface area contributed by atoms with Crippen molar-refractivity contribution in [3.8, 4) is 5.75 Å². The van der Waals surface area contributed by atoms with E-state index in [0.29, 0.717) is 12.4 Å². The Labute approximate surface area is 114 Å². The van der Waals surface area contributed by atoms with Gasteiger partial charge in [0.05, 0.1) is 17.8 Å². The molecule has 1 heterocycles. The standard InChI is InChI=1S/C14H20BFO3/c1-6-17-12-9-10(16)7-8-11(12)15-18-13(2,3)14(4,5)19-15/h7-9H,6H2,1-5H3. The smallest absolute Gasteiger partial charge is 0.494 e. The van der Waals surface area contributed by atoms with Crippen molar-refractivity contribution in [2.45, 2.75) is 45.8 Å². The summed E-state index contributed by atoms with van der Waals surface area (Å²) in [7, 11) is -0.535. The fourth-order valence-corrected chi connectivity index (χ4v) is 1.95. The van der Waals surface area contributed by atoms with E-state index >= 15 is 0 Å². The van der Waals surface area contributed by atoms with Crippen molar-refractivity contribution < 1.29 is 18.4 Å². The lowest BCUT2D eigenvalue weighted by atomic mass is 9.78. The first kappa shape index (κ1) is 14.3. The van der Waals surface area contributed by atoms with Gasteiger partial charge in [-0.2, -0.15) is 0 Å². The lowest BCUT2D eigenvalue weighted by molar-refractivity contribution is 0.00578. The van der Waals surface area contributed by atoms with Gasteiger partial charge in [0, 0.05) is 11.5 Å². The van der Waals surface area contributed by atoms with Crippen LogP contribution in [-0.4, -0.2) is 24.9 Å². The van der Waals surface area contributed by atoms with E-state index in [1.165, 1.54) is 12.1 Å². The molecule has 1 fully saturated rings.